The minimum Gasteiger partial charge on any atom is -0.366 e. The molecule has 4 N–H and O–H groups in total. The van der Waals surface area contributed by atoms with Gasteiger partial charge in [0, 0.05) is 28.2 Å². The van der Waals surface area contributed by atoms with E-state index in [2.05, 4.69) is 10.3 Å². The number of aryl methyl sites for hydroxylation is 1. The lowest BCUT2D eigenvalue weighted by Gasteiger charge is -2.22. The Bertz CT molecular complexity index is 615. The first kappa shape index (κ1) is 11.3. The van der Waals surface area contributed by atoms with E-state index in [0.717, 1.165) is 30.2 Å². The molecule has 1 aromatic carbocycles. The van der Waals surface area contributed by atoms with E-state index in [-0.39, 0.29) is 5.91 Å². The average Bonchev–Trinajstić information content (AvgIpc) is 2.75. The van der Waals surface area contributed by atoms with Crippen molar-refractivity contribution in [3.63, 3.8) is 0 Å². The van der Waals surface area contributed by atoms with Crippen molar-refractivity contribution in [3.05, 3.63) is 35.0 Å². The van der Waals surface area contributed by atoms with Gasteiger partial charge in [0.1, 0.15) is 0 Å². The molecule has 1 aromatic heterocycles. The quantitative estimate of drug-likeness (QED) is 0.745. The van der Waals surface area contributed by atoms with E-state index >= 15 is 0 Å². The Morgan fingerprint density at radius 3 is 3.06 bits per heavy atom. The maximum Gasteiger partial charge on any atom is 0.249 e. The number of rotatable bonds is 2. The number of fused-ring (bicyclic) bond motifs is 3. The number of carbonyl (C=O) groups is 1. The molecule has 3 rings (SSSR count). The van der Waals surface area contributed by atoms with Gasteiger partial charge in [-0.3, -0.25) is 4.79 Å². The SMILES string of the molecule is CNC1CCc2[nH]c3cccc(C(N)=O)c3c2C1. The van der Waals surface area contributed by atoms with Crippen LogP contribution in [0.2, 0.25) is 0 Å². The Hall–Kier alpha value is -1.81. The molecule has 1 heterocycles. The number of nitrogens with two attached hydrogens (primary N) is 1. The number of nitrogens with one attached hydrogen (secondary N) is 2. The van der Waals surface area contributed by atoms with Gasteiger partial charge in [0.05, 0.1) is 0 Å². The van der Waals surface area contributed by atoms with Crippen molar-refractivity contribution in [3.8, 4) is 0 Å². The van der Waals surface area contributed by atoms with Crippen LogP contribution in [0.4, 0.5) is 0 Å². The lowest BCUT2D eigenvalue weighted by molar-refractivity contribution is 0.100. The molecule has 0 aliphatic heterocycles. The van der Waals surface area contributed by atoms with E-state index < -0.39 is 0 Å². The molecule has 0 bridgehead atoms. The summed E-state index contributed by atoms with van der Waals surface area (Å²) in [6.07, 6.45) is 3.10. The third-order valence-electron chi connectivity index (χ3n) is 3.88. The zero-order valence-electron chi connectivity index (χ0n) is 10.4. The summed E-state index contributed by atoms with van der Waals surface area (Å²) < 4.78 is 0. The fourth-order valence-corrected chi connectivity index (χ4v) is 2.93. The van der Waals surface area contributed by atoms with Crippen LogP contribution in [0.5, 0.6) is 0 Å². The van der Waals surface area contributed by atoms with Crippen molar-refractivity contribution in [2.24, 2.45) is 5.73 Å². The molecule has 4 heteroatoms. The largest absolute Gasteiger partial charge is 0.366 e. The molecule has 1 aliphatic carbocycles. The molecule has 1 aliphatic rings. The van der Waals surface area contributed by atoms with E-state index in [4.69, 9.17) is 5.73 Å². The van der Waals surface area contributed by atoms with E-state index in [0.29, 0.717) is 11.6 Å². The fourth-order valence-electron chi connectivity index (χ4n) is 2.93. The standard InChI is InChI=1S/C14H17N3O/c1-16-8-5-6-11-10(7-8)13-9(14(15)18)3-2-4-12(13)17-11/h2-4,8,16-17H,5-7H2,1H3,(H2,15,18). The van der Waals surface area contributed by atoms with Gasteiger partial charge in [-0.05, 0) is 44.0 Å². The van der Waals surface area contributed by atoms with Gasteiger partial charge in [-0.1, -0.05) is 6.07 Å². The summed E-state index contributed by atoms with van der Waals surface area (Å²) in [6.45, 7) is 0. The molecule has 94 valence electrons. The van der Waals surface area contributed by atoms with Crippen LogP contribution in [-0.2, 0) is 12.8 Å². The summed E-state index contributed by atoms with van der Waals surface area (Å²) in [7, 11) is 1.99. The Balaban J connectivity index is 2.23. The maximum absolute atomic E-state index is 11.5. The van der Waals surface area contributed by atoms with Crippen molar-refractivity contribution >= 4 is 16.8 Å². The number of likely N-dealkylation sites (N-methyl/N-ethyl adjacent to an activating group) is 1. The average molecular weight is 243 g/mol. The van der Waals surface area contributed by atoms with Gasteiger partial charge in [0.15, 0.2) is 0 Å². The Kier molecular flexibility index (Phi) is 2.59. The molecule has 1 amide bonds. The predicted molar refractivity (Wildman–Crippen MR) is 71.7 cm³/mol. The zero-order valence-corrected chi connectivity index (χ0v) is 10.4. The van der Waals surface area contributed by atoms with Gasteiger partial charge >= 0.3 is 0 Å². The number of aromatic nitrogens is 1. The van der Waals surface area contributed by atoms with Gasteiger partial charge in [-0.2, -0.15) is 0 Å². The highest BCUT2D eigenvalue weighted by atomic mass is 16.1. The third kappa shape index (κ3) is 1.61. The van der Waals surface area contributed by atoms with Crippen LogP contribution < -0.4 is 11.1 Å². The van der Waals surface area contributed by atoms with Gasteiger partial charge < -0.3 is 16.0 Å². The van der Waals surface area contributed by atoms with Crippen LogP contribution in [0, 0.1) is 0 Å². The van der Waals surface area contributed by atoms with Gasteiger partial charge in [0.2, 0.25) is 5.91 Å². The molecule has 0 saturated heterocycles. The van der Waals surface area contributed by atoms with Crippen LogP contribution in [0.25, 0.3) is 10.9 Å². The predicted octanol–water partition coefficient (Wildman–Crippen LogP) is 1.34. The second-order valence-electron chi connectivity index (χ2n) is 4.90. The highest BCUT2D eigenvalue weighted by Crippen LogP contribution is 2.31. The van der Waals surface area contributed by atoms with Crippen molar-refractivity contribution in [1.29, 1.82) is 0 Å². The second kappa shape index (κ2) is 4.14. The zero-order chi connectivity index (χ0) is 12.7. The van der Waals surface area contributed by atoms with E-state index in [1.807, 2.05) is 25.2 Å². The maximum atomic E-state index is 11.5. The van der Waals surface area contributed by atoms with Crippen molar-refractivity contribution in [2.75, 3.05) is 7.05 Å². The van der Waals surface area contributed by atoms with Crippen LogP contribution in [0.3, 0.4) is 0 Å². The summed E-state index contributed by atoms with van der Waals surface area (Å²) >= 11 is 0. The molecule has 0 fully saturated rings. The first-order valence-electron chi connectivity index (χ1n) is 6.30. The van der Waals surface area contributed by atoms with Crippen LogP contribution in [0.15, 0.2) is 18.2 Å². The third-order valence-corrected chi connectivity index (χ3v) is 3.88. The van der Waals surface area contributed by atoms with Crippen LogP contribution in [0.1, 0.15) is 28.0 Å². The highest BCUT2D eigenvalue weighted by Gasteiger charge is 2.23. The topological polar surface area (TPSA) is 70.9 Å². The van der Waals surface area contributed by atoms with Crippen LogP contribution >= 0.6 is 0 Å². The number of carbonyl (C=O) groups excluding carboxylic acids is 1. The summed E-state index contributed by atoms with van der Waals surface area (Å²) in [4.78, 5) is 15.0. The van der Waals surface area contributed by atoms with Gasteiger partial charge in [-0.25, -0.2) is 0 Å². The molecule has 1 unspecified atom stereocenters. The molecule has 4 nitrogen and oxygen atoms in total. The Morgan fingerprint density at radius 1 is 1.50 bits per heavy atom. The Labute approximate surface area is 106 Å². The number of aromatic amines is 1. The first-order valence-corrected chi connectivity index (χ1v) is 6.30. The molecular formula is C14H17N3O. The smallest absolute Gasteiger partial charge is 0.249 e. The lowest BCUT2D eigenvalue weighted by atomic mass is 9.90. The van der Waals surface area contributed by atoms with Gasteiger partial charge in [0.25, 0.3) is 0 Å². The number of H-pyrrole nitrogens is 1. The summed E-state index contributed by atoms with van der Waals surface area (Å²) in [5.41, 5.74) is 9.63. The minimum atomic E-state index is -0.353. The molecule has 18 heavy (non-hydrogen) atoms. The number of amides is 1. The molecule has 1 atom stereocenters. The van der Waals surface area contributed by atoms with Crippen molar-refractivity contribution in [2.45, 2.75) is 25.3 Å². The van der Waals surface area contributed by atoms with E-state index in [1.165, 1.54) is 11.3 Å². The van der Waals surface area contributed by atoms with Crippen molar-refractivity contribution in [1.82, 2.24) is 10.3 Å². The lowest BCUT2D eigenvalue weighted by Crippen LogP contribution is -2.31. The normalized spacial score (nSPS) is 18.8. The summed E-state index contributed by atoms with van der Waals surface area (Å²) in [5.74, 6) is -0.353. The van der Waals surface area contributed by atoms with Gasteiger partial charge in [-0.15, -0.1) is 0 Å². The second-order valence-corrected chi connectivity index (χ2v) is 4.90. The molecule has 0 saturated carbocycles. The number of hydrogen-bond acceptors (Lipinski definition) is 2. The molecule has 0 spiro atoms. The first-order chi connectivity index (χ1) is 8.70. The van der Waals surface area contributed by atoms with E-state index in [9.17, 15) is 4.79 Å². The fraction of sp³-hybridized carbons (Fsp3) is 0.357. The highest BCUT2D eigenvalue weighted by molar-refractivity contribution is 6.07. The van der Waals surface area contributed by atoms with Crippen LogP contribution in [-0.4, -0.2) is 24.0 Å². The Morgan fingerprint density at radius 2 is 2.33 bits per heavy atom. The summed E-state index contributed by atoms with van der Waals surface area (Å²) in [5, 5.41) is 4.33. The molecule has 2 aromatic rings. The number of benzene rings is 1. The minimum absolute atomic E-state index is 0.353. The van der Waals surface area contributed by atoms with E-state index in [1.54, 1.807) is 0 Å². The summed E-state index contributed by atoms with van der Waals surface area (Å²) in [6, 6.07) is 6.17. The number of hydrogen-bond donors (Lipinski definition) is 3. The monoisotopic (exact) mass is 243 g/mol. The molecular weight excluding hydrogens is 226 g/mol. The molecule has 0 radical (unpaired) electrons. The number of primary amides is 1. The van der Waals surface area contributed by atoms with Crippen molar-refractivity contribution < 1.29 is 4.79 Å².